The predicted octanol–water partition coefficient (Wildman–Crippen LogP) is 4.23. The minimum absolute atomic E-state index is 0.0632. The Morgan fingerprint density at radius 2 is 2.00 bits per heavy atom. The Morgan fingerprint density at radius 1 is 1.30 bits per heavy atom. The zero-order chi connectivity index (χ0) is 19.6. The maximum atomic E-state index is 12.4. The van der Waals surface area contributed by atoms with E-state index in [2.05, 4.69) is 11.1 Å². The molecule has 0 saturated carbocycles. The van der Waals surface area contributed by atoms with Crippen LogP contribution in [0.1, 0.15) is 34.1 Å². The smallest absolute Gasteiger partial charge is 0.181 e. The Labute approximate surface area is 161 Å². The van der Waals surface area contributed by atoms with Crippen molar-refractivity contribution in [2.75, 3.05) is 5.88 Å². The molecule has 0 N–H and O–H groups in total. The number of hydrogen-bond donors (Lipinski definition) is 0. The van der Waals surface area contributed by atoms with Gasteiger partial charge in [0.1, 0.15) is 0 Å². The molecule has 0 fully saturated rings. The number of aromatic nitrogens is 2. The van der Waals surface area contributed by atoms with Crippen molar-refractivity contribution in [3.8, 4) is 11.8 Å². The van der Waals surface area contributed by atoms with Crippen LogP contribution < -0.4 is 0 Å². The normalized spacial score (nSPS) is 11.0. The molecule has 0 radical (unpaired) electrons. The fourth-order valence-corrected chi connectivity index (χ4v) is 3.15. The Balaban J connectivity index is 2.30. The fourth-order valence-electron chi connectivity index (χ4n) is 3.02. The average Bonchev–Trinajstić information content (AvgIpc) is 2.97. The topological polar surface area (TPSA) is 75.8 Å². The van der Waals surface area contributed by atoms with Gasteiger partial charge in [-0.2, -0.15) is 5.26 Å². The minimum Gasteiger partial charge on any atom is -0.312 e. The molecule has 0 aliphatic carbocycles. The van der Waals surface area contributed by atoms with E-state index in [1.807, 2.05) is 29.7 Å². The number of halogens is 1. The van der Waals surface area contributed by atoms with Crippen molar-refractivity contribution in [1.29, 1.82) is 5.26 Å². The van der Waals surface area contributed by atoms with Crippen molar-refractivity contribution >= 4 is 40.3 Å². The first-order valence-corrected chi connectivity index (χ1v) is 8.79. The van der Waals surface area contributed by atoms with E-state index >= 15 is 0 Å². The molecular formula is C21H16ClN3O2. The standard InChI is InChI=1S/C21H16ClN3O2/c1-13(26)3-4-16-9-18-21(24-12-16)20(19(27)10-22)14(2)25(18)17-7-5-15(11-23)6-8-17/h3-9,12H,10H2,1-2H3/b4-3+. The van der Waals surface area contributed by atoms with E-state index in [1.54, 1.807) is 24.4 Å². The van der Waals surface area contributed by atoms with E-state index in [9.17, 15) is 9.59 Å². The summed E-state index contributed by atoms with van der Waals surface area (Å²) in [5, 5.41) is 9.01. The van der Waals surface area contributed by atoms with Crippen molar-refractivity contribution in [2.45, 2.75) is 13.8 Å². The molecule has 1 aromatic carbocycles. The molecule has 0 aliphatic rings. The first-order valence-electron chi connectivity index (χ1n) is 8.25. The maximum absolute atomic E-state index is 12.4. The van der Waals surface area contributed by atoms with Crippen LogP contribution in [-0.4, -0.2) is 27.0 Å². The molecule has 2 heterocycles. The van der Waals surface area contributed by atoms with Crippen LogP contribution >= 0.6 is 11.6 Å². The third-order valence-electron chi connectivity index (χ3n) is 4.23. The number of rotatable bonds is 5. The summed E-state index contributed by atoms with van der Waals surface area (Å²) in [7, 11) is 0. The molecule has 3 aromatic rings. The SMILES string of the molecule is CC(=O)/C=C/c1cnc2c(C(=O)CCl)c(C)n(-c3ccc(C#N)cc3)c2c1. The van der Waals surface area contributed by atoms with Crippen molar-refractivity contribution in [2.24, 2.45) is 0 Å². The molecule has 0 bridgehead atoms. The number of benzene rings is 1. The zero-order valence-corrected chi connectivity index (χ0v) is 15.6. The van der Waals surface area contributed by atoms with E-state index in [0.717, 1.165) is 22.5 Å². The quantitative estimate of drug-likeness (QED) is 0.379. The van der Waals surface area contributed by atoms with Gasteiger partial charge in [0.05, 0.1) is 34.1 Å². The number of carbonyl (C=O) groups excluding carboxylic acids is 2. The first-order chi connectivity index (χ1) is 13.0. The number of pyridine rings is 1. The Morgan fingerprint density at radius 3 is 2.59 bits per heavy atom. The number of ketones is 2. The number of nitriles is 1. The molecule has 6 heteroatoms. The zero-order valence-electron chi connectivity index (χ0n) is 14.9. The van der Waals surface area contributed by atoms with Crippen molar-refractivity contribution in [3.63, 3.8) is 0 Å². The minimum atomic E-state index is -0.203. The van der Waals surface area contributed by atoms with Gasteiger partial charge in [-0.3, -0.25) is 14.6 Å². The van der Waals surface area contributed by atoms with Crippen LogP contribution in [-0.2, 0) is 4.79 Å². The number of Topliss-reactive ketones (excluding diaryl/α,β-unsaturated/α-hetero) is 1. The van der Waals surface area contributed by atoms with Crippen molar-refractivity contribution in [3.05, 3.63) is 65.0 Å². The van der Waals surface area contributed by atoms with Gasteiger partial charge in [-0.05, 0) is 61.9 Å². The molecule has 27 heavy (non-hydrogen) atoms. The van der Waals surface area contributed by atoms with Gasteiger partial charge in [-0.15, -0.1) is 11.6 Å². The second kappa shape index (κ2) is 7.56. The number of nitrogens with zero attached hydrogens (tertiary/aromatic N) is 3. The third kappa shape index (κ3) is 3.53. The summed E-state index contributed by atoms with van der Waals surface area (Å²) in [5.74, 6) is -0.404. The predicted molar refractivity (Wildman–Crippen MR) is 105 cm³/mol. The number of fused-ring (bicyclic) bond motifs is 1. The van der Waals surface area contributed by atoms with Gasteiger partial charge in [0, 0.05) is 17.6 Å². The largest absolute Gasteiger partial charge is 0.312 e. The first kappa shape index (κ1) is 18.6. The lowest BCUT2D eigenvalue weighted by molar-refractivity contribution is -0.112. The summed E-state index contributed by atoms with van der Waals surface area (Å²) in [6.07, 6.45) is 4.77. The van der Waals surface area contributed by atoms with E-state index in [-0.39, 0.29) is 17.4 Å². The van der Waals surface area contributed by atoms with Gasteiger partial charge >= 0.3 is 0 Å². The van der Waals surface area contributed by atoms with Crippen LogP contribution in [0.4, 0.5) is 0 Å². The Hall–Kier alpha value is -3.23. The maximum Gasteiger partial charge on any atom is 0.181 e. The highest BCUT2D eigenvalue weighted by Gasteiger charge is 2.21. The van der Waals surface area contributed by atoms with E-state index < -0.39 is 0 Å². The van der Waals surface area contributed by atoms with Gasteiger partial charge in [0.15, 0.2) is 11.6 Å². The highest BCUT2D eigenvalue weighted by molar-refractivity contribution is 6.32. The van der Waals surface area contributed by atoms with E-state index in [1.165, 1.54) is 13.0 Å². The second-order valence-electron chi connectivity index (χ2n) is 6.09. The van der Waals surface area contributed by atoms with Gasteiger partial charge in [0.25, 0.3) is 0 Å². The Kier molecular flexibility index (Phi) is 5.20. The molecule has 0 atom stereocenters. The summed E-state index contributed by atoms with van der Waals surface area (Å²) >= 11 is 5.80. The average molecular weight is 378 g/mol. The van der Waals surface area contributed by atoms with Crippen LogP contribution in [0.25, 0.3) is 22.8 Å². The summed E-state index contributed by atoms with van der Waals surface area (Å²) in [6.45, 7) is 3.31. The summed E-state index contributed by atoms with van der Waals surface area (Å²) in [4.78, 5) is 28.1. The number of hydrogen-bond acceptors (Lipinski definition) is 4. The number of carbonyl (C=O) groups is 2. The van der Waals surface area contributed by atoms with Gasteiger partial charge in [-0.1, -0.05) is 0 Å². The van der Waals surface area contributed by atoms with Crippen LogP contribution in [0.2, 0.25) is 0 Å². The summed E-state index contributed by atoms with van der Waals surface area (Å²) < 4.78 is 1.91. The molecule has 5 nitrogen and oxygen atoms in total. The van der Waals surface area contributed by atoms with Crippen LogP contribution in [0.5, 0.6) is 0 Å². The molecule has 0 aliphatic heterocycles. The molecule has 0 unspecified atom stereocenters. The van der Waals surface area contributed by atoms with Gasteiger partial charge in [-0.25, -0.2) is 0 Å². The third-order valence-corrected chi connectivity index (χ3v) is 4.47. The lowest BCUT2D eigenvalue weighted by Crippen LogP contribution is -2.04. The van der Waals surface area contributed by atoms with E-state index in [4.69, 9.17) is 16.9 Å². The molecule has 0 spiro atoms. The number of alkyl halides is 1. The molecular weight excluding hydrogens is 362 g/mol. The lowest BCUT2D eigenvalue weighted by atomic mass is 10.1. The molecule has 2 aromatic heterocycles. The highest BCUT2D eigenvalue weighted by Crippen LogP contribution is 2.29. The molecule has 0 amide bonds. The highest BCUT2D eigenvalue weighted by atomic mass is 35.5. The lowest BCUT2D eigenvalue weighted by Gasteiger charge is -2.09. The second-order valence-corrected chi connectivity index (χ2v) is 6.36. The van der Waals surface area contributed by atoms with Gasteiger partial charge < -0.3 is 4.57 Å². The van der Waals surface area contributed by atoms with Crippen molar-refractivity contribution < 1.29 is 9.59 Å². The fraction of sp³-hybridized carbons (Fsp3) is 0.143. The number of allylic oxidation sites excluding steroid dienone is 1. The summed E-state index contributed by atoms with van der Waals surface area (Å²) in [6, 6.07) is 11.0. The molecule has 134 valence electrons. The summed E-state index contributed by atoms with van der Waals surface area (Å²) in [5.41, 5.74) is 4.59. The van der Waals surface area contributed by atoms with Crippen LogP contribution in [0, 0.1) is 18.3 Å². The Bertz CT molecular complexity index is 1120. The van der Waals surface area contributed by atoms with E-state index in [0.29, 0.717) is 16.6 Å². The van der Waals surface area contributed by atoms with Crippen molar-refractivity contribution in [1.82, 2.24) is 9.55 Å². The molecule has 3 rings (SSSR count). The molecule has 0 saturated heterocycles. The van der Waals surface area contributed by atoms with Crippen LogP contribution in [0.15, 0.2) is 42.6 Å². The van der Waals surface area contributed by atoms with Gasteiger partial charge in [0.2, 0.25) is 0 Å². The van der Waals surface area contributed by atoms with Crippen LogP contribution in [0.3, 0.4) is 0 Å². The monoisotopic (exact) mass is 377 g/mol.